The fraction of sp³-hybridized carbons (Fsp3) is 0.200. The molecule has 4 aromatic rings. The maximum Gasteiger partial charge on any atom is 0.312 e. The van der Waals surface area contributed by atoms with Gasteiger partial charge < -0.3 is 9.15 Å². The molecule has 28 heavy (non-hydrogen) atoms. The molecule has 7 nitrogen and oxygen atoms in total. The molecule has 0 N–H and O–H groups in total. The summed E-state index contributed by atoms with van der Waals surface area (Å²) in [4.78, 5) is 34.2. The lowest BCUT2D eigenvalue weighted by atomic mass is 10.3. The van der Waals surface area contributed by atoms with Crippen molar-refractivity contribution in [2.45, 2.75) is 26.9 Å². The molecular weight excluding hydrogens is 378 g/mol. The lowest BCUT2D eigenvalue weighted by Crippen LogP contribution is -2.18. The lowest BCUT2D eigenvalue weighted by Gasteiger charge is -2.07. The van der Waals surface area contributed by atoms with Crippen LogP contribution in [0.3, 0.4) is 0 Å². The molecule has 142 valence electrons. The van der Waals surface area contributed by atoms with Gasteiger partial charge in [-0.15, -0.1) is 11.3 Å². The average Bonchev–Trinajstić information content (AvgIpc) is 3.30. The van der Waals surface area contributed by atoms with Crippen LogP contribution in [-0.2, 0) is 22.6 Å². The summed E-state index contributed by atoms with van der Waals surface area (Å²) in [6.07, 6.45) is -0.00756. The molecule has 4 rings (SSSR count). The Labute approximate surface area is 164 Å². The van der Waals surface area contributed by atoms with Crippen LogP contribution < -0.4 is 5.56 Å². The molecule has 0 radical (unpaired) electrons. The monoisotopic (exact) mass is 395 g/mol. The van der Waals surface area contributed by atoms with Crippen LogP contribution in [0.25, 0.3) is 16.4 Å². The van der Waals surface area contributed by atoms with Crippen LogP contribution >= 0.6 is 11.3 Å². The highest BCUT2D eigenvalue weighted by atomic mass is 32.1. The Balaban J connectivity index is 1.45. The van der Waals surface area contributed by atoms with E-state index in [1.54, 1.807) is 13.0 Å². The van der Waals surface area contributed by atoms with Gasteiger partial charge in [-0.2, -0.15) is 0 Å². The maximum atomic E-state index is 12.3. The summed E-state index contributed by atoms with van der Waals surface area (Å²) in [5.74, 6) is 0.619. The molecule has 0 amide bonds. The Hall–Kier alpha value is -3.26. The predicted octanol–water partition coefficient (Wildman–Crippen LogP) is 3.31. The van der Waals surface area contributed by atoms with Crippen molar-refractivity contribution in [3.63, 3.8) is 0 Å². The molecule has 0 saturated carbocycles. The first-order valence-electron chi connectivity index (χ1n) is 8.65. The van der Waals surface area contributed by atoms with Crippen LogP contribution in [0.15, 0.2) is 51.0 Å². The van der Waals surface area contributed by atoms with Crippen molar-refractivity contribution >= 4 is 23.0 Å². The van der Waals surface area contributed by atoms with Gasteiger partial charge in [-0.25, -0.2) is 9.97 Å². The number of fused-ring (bicyclic) bond motifs is 1. The number of carbonyl (C=O) groups is 1. The van der Waals surface area contributed by atoms with Crippen molar-refractivity contribution in [3.8, 4) is 10.8 Å². The van der Waals surface area contributed by atoms with E-state index >= 15 is 0 Å². The van der Waals surface area contributed by atoms with Crippen LogP contribution in [0.4, 0.5) is 0 Å². The van der Waals surface area contributed by atoms with Gasteiger partial charge in [0.1, 0.15) is 18.0 Å². The van der Waals surface area contributed by atoms with Crippen molar-refractivity contribution in [3.05, 3.63) is 75.0 Å². The molecule has 0 unspecified atom stereocenters. The maximum absolute atomic E-state index is 12.3. The summed E-state index contributed by atoms with van der Waals surface area (Å²) >= 11 is 1.52. The van der Waals surface area contributed by atoms with E-state index in [0.717, 1.165) is 10.6 Å². The molecule has 0 bridgehead atoms. The molecule has 0 spiro atoms. The summed E-state index contributed by atoms with van der Waals surface area (Å²) in [6.45, 7) is 3.52. The second-order valence-corrected chi connectivity index (χ2v) is 7.23. The molecule has 4 heterocycles. The largest absolute Gasteiger partial charge is 0.459 e. The number of esters is 1. The second-order valence-electron chi connectivity index (χ2n) is 6.28. The van der Waals surface area contributed by atoms with Crippen molar-refractivity contribution in [2.24, 2.45) is 0 Å². The summed E-state index contributed by atoms with van der Waals surface area (Å²) in [5.41, 5.74) is 2.05. The summed E-state index contributed by atoms with van der Waals surface area (Å²) in [6, 6.07) is 10.6. The number of hydrogen-bond acceptors (Lipinski definition) is 7. The van der Waals surface area contributed by atoms with Gasteiger partial charge in [-0.05, 0) is 37.4 Å². The molecule has 0 aromatic carbocycles. The van der Waals surface area contributed by atoms with E-state index < -0.39 is 5.97 Å². The Kier molecular flexibility index (Phi) is 4.79. The molecule has 0 fully saturated rings. The molecule has 0 atom stereocenters. The van der Waals surface area contributed by atoms with E-state index in [1.807, 2.05) is 36.6 Å². The molecule has 4 aromatic heterocycles. The molecular formula is C20H17N3O4S. The first-order chi connectivity index (χ1) is 13.5. The average molecular weight is 395 g/mol. The quantitative estimate of drug-likeness (QED) is 0.482. The van der Waals surface area contributed by atoms with Gasteiger partial charge in [-0.1, -0.05) is 12.1 Å². The van der Waals surface area contributed by atoms with Crippen molar-refractivity contribution in [1.29, 1.82) is 0 Å². The second kappa shape index (κ2) is 7.40. The Morgan fingerprint density at radius 2 is 2.07 bits per heavy atom. The fourth-order valence-corrected chi connectivity index (χ4v) is 3.53. The molecule has 8 heteroatoms. The standard InChI is InChI=1S/C20H17N3O4S/c1-12-5-3-7-17-21-14(9-18(24)23(12)17)11-26-19(25)10-15-13(2)27-20(22-15)16-6-4-8-28-16/h3-9H,10-11H2,1-2H3. The van der Waals surface area contributed by atoms with Crippen LogP contribution in [0.5, 0.6) is 0 Å². The van der Waals surface area contributed by atoms with Gasteiger partial charge in [0.2, 0.25) is 5.89 Å². The van der Waals surface area contributed by atoms with Gasteiger partial charge in [0.25, 0.3) is 5.56 Å². The zero-order valence-electron chi connectivity index (χ0n) is 15.3. The van der Waals surface area contributed by atoms with E-state index in [1.165, 1.54) is 21.8 Å². The minimum absolute atomic E-state index is 0.00756. The number of thiophene rings is 1. The van der Waals surface area contributed by atoms with Gasteiger partial charge in [-0.3, -0.25) is 14.0 Å². The van der Waals surface area contributed by atoms with E-state index in [-0.39, 0.29) is 18.6 Å². The van der Waals surface area contributed by atoms with Crippen molar-refractivity contribution < 1.29 is 13.9 Å². The number of oxazole rings is 1. The van der Waals surface area contributed by atoms with Gasteiger partial charge >= 0.3 is 5.97 Å². The highest BCUT2D eigenvalue weighted by molar-refractivity contribution is 7.13. The smallest absolute Gasteiger partial charge is 0.312 e. The number of aryl methyl sites for hydroxylation is 2. The highest BCUT2D eigenvalue weighted by Gasteiger charge is 2.16. The number of ether oxygens (including phenoxy) is 1. The minimum Gasteiger partial charge on any atom is -0.459 e. The summed E-state index contributed by atoms with van der Waals surface area (Å²) in [5, 5.41) is 1.93. The Bertz CT molecular complexity index is 1210. The summed E-state index contributed by atoms with van der Waals surface area (Å²) in [7, 11) is 0. The zero-order valence-corrected chi connectivity index (χ0v) is 16.2. The molecule has 0 saturated heterocycles. The van der Waals surface area contributed by atoms with Crippen LogP contribution in [0.2, 0.25) is 0 Å². The van der Waals surface area contributed by atoms with E-state index in [0.29, 0.717) is 28.7 Å². The Morgan fingerprint density at radius 3 is 2.86 bits per heavy atom. The lowest BCUT2D eigenvalue weighted by molar-refractivity contribution is -0.144. The van der Waals surface area contributed by atoms with Crippen molar-refractivity contribution in [1.82, 2.24) is 14.4 Å². The van der Waals surface area contributed by atoms with E-state index in [9.17, 15) is 9.59 Å². The third-order valence-corrected chi connectivity index (χ3v) is 5.11. The third kappa shape index (κ3) is 3.59. The molecule has 0 aliphatic carbocycles. The van der Waals surface area contributed by atoms with Crippen LogP contribution in [0.1, 0.15) is 22.8 Å². The van der Waals surface area contributed by atoms with Gasteiger partial charge in [0, 0.05) is 11.8 Å². The number of nitrogens with zero attached hydrogens (tertiary/aromatic N) is 3. The topological polar surface area (TPSA) is 86.7 Å². The Morgan fingerprint density at radius 1 is 1.21 bits per heavy atom. The first-order valence-corrected chi connectivity index (χ1v) is 9.53. The number of hydrogen-bond donors (Lipinski definition) is 0. The molecule has 0 aliphatic heterocycles. The number of pyridine rings is 1. The van der Waals surface area contributed by atoms with Crippen LogP contribution in [-0.4, -0.2) is 20.3 Å². The van der Waals surface area contributed by atoms with Crippen molar-refractivity contribution in [2.75, 3.05) is 0 Å². The number of carbonyl (C=O) groups excluding carboxylic acids is 1. The van der Waals surface area contributed by atoms with E-state index in [2.05, 4.69) is 9.97 Å². The van der Waals surface area contributed by atoms with E-state index in [4.69, 9.17) is 9.15 Å². The number of aromatic nitrogens is 3. The fourth-order valence-electron chi connectivity index (χ4n) is 2.88. The zero-order chi connectivity index (χ0) is 19.7. The summed E-state index contributed by atoms with van der Waals surface area (Å²) < 4.78 is 12.4. The normalized spacial score (nSPS) is 11.1. The van der Waals surface area contributed by atoms with Gasteiger partial charge in [0.15, 0.2) is 0 Å². The highest BCUT2D eigenvalue weighted by Crippen LogP contribution is 2.26. The number of rotatable bonds is 5. The SMILES string of the molecule is Cc1oc(-c2cccs2)nc1CC(=O)OCc1cc(=O)n2c(C)cccc2n1. The van der Waals surface area contributed by atoms with Gasteiger partial charge in [0.05, 0.1) is 22.7 Å². The first kappa shape index (κ1) is 18.1. The predicted molar refractivity (Wildman–Crippen MR) is 104 cm³/mol. The molecule has 0 aliphatic rings. The third-order valence-electron chi connectivity index (χ3n) is 4.25. The minimum atomic E-state index is -0.458. The van der Waals surface area contributed by atoms with Crippen LogP contribution in [0, 0.1) is 13.8 Å².